The minimum atomic E-state index is 0.157. The molecule has 3 nitrogen and oxygen atoms in total. The van der Waals surface area contributed by atoms with Crippen molar-refractivity contribution in [1.29, 1.82) is 5.26 Å². The van der Waals surface area contributed by atoms with E-state index in [2.05, 4.69) is 11.4 Å². The van der Waals surface area contributed by atoms with Crippen LogP contribution in [0.4, 0.5) is 0 Å². The van der Waals surface area contributed by atoms with E-state index >= 15 is 0 Å². The van der Waals surface area contributed by atoms with Gasteiger partial charge in [0.1, 0.15) is 0 Å². The summed E-state index contributed by atoms with van der Waals surface area (Å²) in [7, 11) is 0. The van der Waals surface area contributed by atoms with Gasteiger partial charge in [0.25, 0.3) is 0 Å². The van der Waals surface area contributed by atoms with Gasteiger partial charge in [0.15, 0.2) is 0 Å². The molecular formula is C18H24N2OS. The molecule has 4 heteroatoms. The zero-order chi connectivity index (χ0) is 15.6. The van der Waals surface area contributed by atoms with Gasteiger partial charge >= 0.3 is 0 Å². The maximum absolute atomic E-state index is 12.0. The number of carbonyl (C=O) groups excluding carboxylic acids is 1. The van der Waals surface area contributed by atoms with Crippen LogP contribution in [0.3, 0.4) is 0 Å². The van der Waals surface area contributed by atoms with Crippen molar-refractivity contribution < 1.29 is 4.79 Å². The Morgan fingerprint density at radius 3 is 2.41 bits per heavy atom. The molecule has 1 fully saturated rings. The van der Waals surface area contributed by atoms with E-state index in [1.807, 2.05) is 24.3 Å². The van der Waals surface area contributed by atoms with Crippen LogP contribution in [-0.2, 0) is 10.5 Å². The van der Waals surface area contributed by atoms with Crippen molar-refractivity contribution in [3.63, 3.8) is 0 Å². The fourth-order valence-corrected chi connectivity index (χ4v) is 3.61. The highest BCUT2D eigenvalue weighted by Gasteiger charge is 2.13. The molecule has 118 valence electrons. The topological polar surface area (TPSA) is 52.9 Å². The number of hydrogen-bond donors (Lipinski definition) is 1. The molecule has 2 rings (SSSR count). The van der Waals surface area contributed by atoms with E-state index in [0.717, 1.165) is 24.2 Å². The summed E-state index contributed by atoms with van der Waals surface area (Å²) in [6.45, 7) is 0. The van der Waals surface area contributed by atoms with Crippen LogP contribution in [0.5, 0.6) is 0 Å². The van der Waals surface area contributed by atoms with Gasteiger partial charge in [0.2, 0.25) is 5.91 Å². The Balaban J connectivity index is 1.67. The lowest BCUT2D eigenvalue weighted by Crippen LogP contribution is -2.36. The van der Waals surface area contributed by atoms with Gasteiger partial charge < -0.3 is 5.32 Å². The summed E-state index contributed by atoms with van der Waals surface area (Å²) < 4.78 is 0. The van der Waals surface area contributed by atoms with Crippen LogP contribution in [0.2, 0.25) is 0 Å². The van der Waals surface area contributed by atoms with Crippen molar-refractivity contribution in [3.8, 4) is 6.07 Å². The third-order valence-corrected chi connectivity index (χ3v) is 5.06. The van der Waals surface area contributed by atoms with E-state index in [4.69, 9.17) is 5.26 Å². The molecule has 0 aromatic heterocycles. The second-order valence-electron chi connectivity index (χ2n) is 5.91. The van der Waals surface area contributed by atoms with Crippen molar-refractivity contribution >= 4 is 17.7 Å². The number of nitrogens with zero attached hydrogens (tertiary/aromatic N) is 1. The van der Waals surface area contributed by atoms with E-state index < -0.39 is 0 Å². The average molecular weight is 316 g/mol. The van der Waals surface area contributed by atoms with Gasteiger partial charge in [-0.3, -0.25) is 4.79 Å². The summed E-state index contributed by atoms with van der Waals surface area (Å²) in [6.07, 6.45) is 8.70. The molecule has 0 saturated heterocycles. The number of thioether (sulfide) groups is 1. The number of amides is 1. The van der Waals surface area contributed by atoms with E-state index in [-0.39, 0.29) is 5.91 Å². The van der Waals surface area contributed by atoms with Gasteiger partial charge in [-0.1, -0.05) is 44.2 Å². The Morgan fingerprint density at radius 1 is 1.14 bits per heavy atom. The van der Waals surface area contributed by atoms with E-state index in [9.17, 15) is 4.79 Å². The van der Waals surface area contributed by atoms with Crippen molar-refractivity contribution in [3.05, 3.63) is 35.4 Å². The van der Waals surface area contributed by atoms with Crippen molar-refractivity contribution in [2.24, 2.45) is 0 Å². The predicted octanol–water partition coefficient (Wildman–Crippen LogP) is 4.02. The van der Waals surface area contributed by atoms with Gasteiger partial charge in [0, 0.05) is 11.8 Å². The van der Waals surface area contributed by atoms with E-state index in [1.54, 1.807) is 11.8 Å². The third kappa shape index (κ3) is 6.11. The fraction of sp³-hybridized carbons (Fsp3) is 0.556. The number of hydrogen-bond acceptors (Lipinski definition) is 3. The molecule has 0 radical (unpaired) electrons. The van der Waals surface area contributed by atoms with E-state index in [0.29, 0.717) is 17.4 Å². The first kappa shape index (κ1) is 16.9. The first-order valence-corrected chi connectivity index (χ1v) is 9.29. The Kier molecular flexibility index (Phi) is 7.32. The number of rotatable bonds is 5. The van der Waals surface area contributed by atoms with Gasteiger partial charge in [0.05, 0.1) is 17.4 Å². The maximum Gasteiger partial charge on any atom is 0.230 e. The SMILES string of the molecule is N#Cc1ccc(CSCC(=O)NC2CCCCCCC2)cc1. The molecule has 1 amide bonds. The molecule has 1 aromatic carbocycles. The van der Waals surface area contributed by atoms with Crippen LogP contribution in [-0.4, -0.2) is 17.7 Å². The summed E-state index contributed by atoms with van der Waals surface area (Å²) in [4.78, 5) is 12.0. The molecule has 1 saturated carbocycles. The highest BCUT2D eigenvalue weighted by Crippen LogP contribution is 2.18. The van der Waals surface area contributed by atoms with Crippen LogP contribution in [0.25, 0.3) is 0 Å². The molecule has 22 heavy (non-hydrogen) atoms. The number of carbonyl (C=O) groups is 1. The molecule has 0 unspecified atom stereocenters. The highest BCUT2D eigenvalue weighted by molar-refractivity contribution is 7.99. The quantitative estimate of drug-likeness (QED) is 0.892. The summed E-state index contributed by atoms with van der Waals surface area (Å²) in [5, 5.41) is 12.0. The first-order valence-electron chi connectivity index (χ1n) is 8.14. The van der Waals surface area contributed by atoms with Crippen LogP contribution in [0.1, 0.15) is 56.1 Å². The summed E-state index contributed by atoms with van der Waals surface area (Å²) in [5.74, 6) is 1.48. The normalized spacial score (nSPS) is 16.3. The molecule has 0 heterocycles. The number of nitriles is 1. The smallest absolute Gasteiger partial charge is 0.230 e. The Morgan fingerprint density at radius 2 is 1.77 bits per heavy atom. The molecule has 0 bridgehead atoms. The number of benzene rings is 1. The van der Waals surface area contributed by atoms with Crippen LogP contribution in [0.15, 0.2) is 24.3 Å². The fourth-order valence-electron chi connectivity index (χ4n) is 2.81. The summed E-state index contributed by atoms with van der Waals surface area (Å²) >= 11 is 1.63. The molecule has 0 atom stereocenters. The minimum absolute atomic E-state index is 0.157. The van der Waals surface area contributed by atoms with Gasteiger partial charge in [-0.25, -0.2) is 0 Å². The molecule has 1 aliphatic rings. The van der Waals surface area contributed by atoms with Crippen molar-refractivity contribution in [2.75, 3.05) is 5.75 Å². The third-order valence-electron chi connectivity index (χ3n) is 4.06. The molecule has 0 aliphatic heterocycles. The predicted molar refractivity (Wildman–Crippen MR) is 91.6 cm³/mol. The Labute approximate surface area is 137 Å². The van der Waals surface area contributed by atoms with Crippen LogP contribution >= 0.6 is 11.8 Å². The van der Waals surface area contributed by atoms with Gasteiger partial charge in [-0.15, -0.1) is 11.8 Å². The first-order chi connectivity index (χ1) is 10.8. The number of nitrogens with one attached hydrogen (secondary N) is 1. The minimum Gasteiger partial charge on any atom is -0.353 e. The van der Waals surface area contributed by atoms with Crippen molar-refractivity contribution in [2.45, 2.75) is 56.7 Å². The summed E-state index contributed by atoms with van der Waals surface area (Å²) in [5.41, 5.74) is 1.83. The lowest BCUT2D eigenvalue weighted by molar-refractivity contribution is -0.119. The average Bonchev–Trinajstić information content (AvgIpc) is 2.50. The standard InChI is InChI=1S/C18H24N2OS/c19-12-15-8-10-16(11-9-15)13-22-14-18(21)20-17-6-4-2-1-3-5-7-17/h8-11,17H,1-7,13-14H2,(H,20,21). The van der Waals surface area contributed by atoms with Gasteiger partial charge in [-0.2, -0.15) is 5.26 Å². The molecule has 1 N–H and O–H groups in total. The lowest BCUT2D eigenvalue weighted by atomic mass is 9.97. The Hall–Kier alpha value is -1.47. The molecule has 1 aromatic rings. The lowest BCUT2D eigenvalue weighted by Gasteiger charge is -2.20. The van der Waals surface area contributed by atoms with E-state index in [1.165, 1.54) is 32.1 Å². The van der Waals surface area contributed by atoms with Crippen LogP contribution in [0, 0.1) is 11.3 Å². The molecule has 1 aliphatic carbocycles. The zero-order valence-electron chi connectivity index (χ0n) is 13.0. The zero-order valence-corrected chi connectivity index (χ0v) is 13.8. The second kappa shape index (κ2) is 9.53. The maximum atomic E-state index is 12.0. The van der Waals surface area contributed by atoms with Crippen LogP contribution < -0.4 is 5.32 Å². The van der Waals surface area contributed by atoms with Crippen molar-refractivity contribution in [1.82, 2.24) is 5.32 Å². The monoisotopic (exact) mass is 316 g/mol. The van der Waals surface area contributed by atoms with Gasteiger partial charge in [-0.05, 0) is 30.5 Å². The largest absolute Gasteiger partial charge is 0.353 e. The molecular weight excluding hydrogens is 292 g/mol. The molecule has 0 spiro atoms. The highest BCUT2D eigenvalue weighted by atomic mass is 32.2. The Bertz CT molecular complexity index is 499. The summed E-state index contributed by atoms with van der Waals surface area (Å²) in [6, 6.07) is 10.1. The second-order valence-corrected chi connectivity index (χ2v) is 6.90.